The van der Waals surface area contributed by atoms with Crippen LogP contribution < -0.4 is 0 Å². The molecule has 0 unspecified atom stereocenters. The van der Waals surface area contributed by atoms with Gasteiger partial charge in [0.15, 0.2) is 0 Å². The maximum absolute atomic E-state index is 13.3. The van der Waals surface area contributed by atoms with Crippen LogP contribution in [0.15, 0.2) is 45.3 Å². The average Bonchev–Trinajstić information content (AvgIpc) is 2.43. The highest BCUT2D eigenvalue weighted by Crippen LogP contribution is 2.20. The molecular weight excluding hydrogens is 398 g/mol. The van der Waals surface area contributed by atoms with Crippen LogP contribution in [-0.2, 0) is 0 Å². The summed E-state index contributed by atoms with van der Waals surface area (Å²) in [6.07, 6.45) is 0. The van der Waals surface area contributed by atoms with E-state index in [4.69, 9.17) is 0 Å². The number of carbonyl (C=O) groups excluding carboxylic acids is 2. The van der Waals surface area contributed by atoms with E-state index in [1.165, 1.54) is 24.3 Å². The van der Waals surface area contributed by atoms with Crippen molar-refractivity contribution >= 4 is 43.4 Å². The topological polar surface area (TPSA) is 34.1 Å². The quantitative estimate of drug-likeness (QED) is 0.556. The summed E-state index contributed by atoms with van der Waals surface area (Å²) in [6, 6.07) is 7.22. The van der Waals surface area contributed by atoms with Crippen LogP contribution in [0.5, 0.6) is 0 Å². The van der Waals surface area contributed by atoms with E-state index in [2.05, 4.69) is 31.9 Å². The van der Waals surface area contributed by atoms with Crippen molar-refractivity contribution in [2.24, 2.45) is 0 Å². The molecule has 0 N–H and O–H groups in total. The van der Waals surface area contributed by atoms with E-state index in [1.807, 2.05) is 0 Å². The summed E-state index contributed by atoms with van der Waals surface area (Å²) in [5.41, 5.74) is -0.168. The normalized spacial score (nSPS) is 10.4. The molecule has 6 heteroatoms. The van der Waals surface area contributed by atoms with Crippen LogP contribution >= 0.6 is 31.9 Å². The molecule has 2 nitrogen and oxygen atoms in total. The lowest BCUT2D eigenvalue weighted by molar-refractivity contribution is 0.0816. The second kappa shape index (κ2) is 5.93. The van der Waals surface area contributed by atoms with E-state index in [0.717, 1.165) is 12.1 Å². The van der Waals surface area contributed by atoms with Crippen LogP contribution in [0, 0.1) is 11.6 Å². The van der Waals surface area contributed by atoms with Crippen LogP contribution in [0.25, 0.3) is 0 Å². The van der Waals surface area contributed by atoms with Gasteiger partial charge >= 0.3 is 0 Å². The first-order chi connectivity index (χ1) is 9.40. The molecule has 0 aliphatic carbocycles. The minimum atomic E-state index is -0.891. The van der Waals surface area contributed by atoms with Gasteiger partial charge in [0.05, 0.1) is 8.95 Å². The summed E-state index contributed by atoms with van der Waals surface area (Å²) in [5.74, 6) is -3.08. The van der Waals surface area contributed by atoms with Gasteiger partial charge in [-0.1, -0.05) is 0 Å². The average molecular weight is 404 g/mol. The van der Waals surface area contributed by atoms with E-state index < -0.39 is 23.2 Å². The molecular formula is C14H6Br2F2O2. The Morgan fingerprint density at radius 3 is 1.40 bits per heavy atom. The van der Waals surface area contributed by atoms with Crippen molar-refractivity contribution in [3.05, 3.63) is 68.1 Å². The lowest BCUT2D eigenvalue weighted by Crippen LogP contribution is -2.15. The first-order valence-corrected chi connectivity index (χ1v) is 6.98. The number of Topliss-reactive ketones (excluding diaryl/α,β-unsaturated/α-hetero) is 2. The first kappa shape index (κ1) is 15.0. The molecule has 2 aromatic rings. The number of hydrogen-bond acceptors (Lipinski definition) is 2. The van der Waals surface area contributed by atoms with Gasteiger partial charge in [-0.3, -0.25) is 9.59 Å². The Hall–Kier alpha value is -1.40. The molecule has 0 aliphatic rings. The highest BCUT2D eigenvalue weighted by molar-refractivity contribution is 9.10. The van der Waals surface area contributed by atoms with Crippen molar-refractivity contribution in [2.75, 3.05) is 0 Å². The summed E-state index contributed by atoms with van der Waals surface area (Å²) in [4.78, 5) is 23.9. The fourth-order valence-electron chi connectivity index (χ4n) is 1.54. The van der Waals surface area contributed by atoms with Crippen molar-refractivity contribution in [2.45, 2.75) is 0 Å². The van der Waals surface area contributed by atoms with Crippen LogP contribution in [-0.4, -0.2) is 11.6 Å². The van der Waals surface area contributed by atoms with Crippen LogP contribution in [0.2, 0.25) is 0 Å². The number of benzene rings is 2. The predicted molar refractivity (Wildman–Crippen MR) is 76.9 cm³/mol. The molecule has 0 amide bonds. The van der Waals surface area contributed by atoms with Gasteiger partial charge in [0.25, 0.3) is 0 Å². The Kier molecular flexibility index (Phi) is 4.45. The maximum atomic E-state index is 13.3. The predicted octanol–water partition coefficient (Wildman–Crippen LogP) is 4.56. The SMILES string of the molecule is O=C(C(=O)c1ccc(Br)c(F)c1)c1ccc(Br)c(F)c1. The number of hydrogen-bond donors (Lipinski definition) is 0. The minimum absolute atomic E-state index is 0.0842. The fourth-order valence-corrected chi connectivity index (χ4v) is 2.03. The fraction of sp³-hybridized carbons (Fsp3) is 0. The zero-order chi connectivity index (χ0) is 14.9. The molecule has 0 spiro atoms. The highest BCUT2D eigenvalue weighted by Gasteiger charge is 2.20. The summed E-state index contributed by atoms with van der Waals surface area (Å²) in [6.45, 7) is 0. The van der Waals surface area contributed by atoms with Gasteiger partial charge < -0.3 is 0 Å². The summed E-state index contributed by atoms with van der Waals surface area (Å²) >= 11 is 5.90. The largest absolute Gasteiger partial charge is 0.285 e. The molecule has 0 saturated heterocycles. The van der Waals surface area contributed by atoms with Crippen molar-refractivity contribution in [1.29, 1.82) is 0 Å². The first-order valence-electron chi connectivity index (χ1n) is 5.39. The Labute approximate surface area is 130 Å². The maximum Gasteiger partial charge on any atom is 0.233 e. The zero-order valence-corrected chi connectivity index (χ0v) is 13.0. The third-order valence-corrected chi connectivity index (χ3v) is 3.86. The van der Waals surface area contributed by atoms with Crippen LogP contribution in [0.1, 0.15) is 20.7 Å². The third-order valence-electron chi connectivity index (χ3n) is 2.57. The Balaban J connectivity index is 2.34. The Bertz CT molecular complexity index is 653. The highest BCUT2D eigenvalue weighted by atomic mass is 79.9. The molecule has 0 atom stereocenters. The summed E-state index contributed by atoms with van der Waals surface area (Å²) in [5, 5.41) is 0. The van der Waals surface area contributed by atoms with Crippen molar-refractivity contribution in [3.63, 3.8) is 0 Å². The van der Waals surface area contributed by atoms with Gasteiger partial charge in [-0.25, -0.2) is 8.78 Å². The molecule has 0 bridgehead atoms. The molecule has 20 heavy (non-hydrogen) atoms. The van der Waals surface area contributed by atoms with E-state index >= 15 is 0 Å². The number of rotatable bonds is 3. The second-order valence-corrected chi connectivity index (χ2v) is 5.62. The van der Waals surface area contributed by atoms with Crippen molar-refractivity contribution in [1.82, 2.24) is 0 Å². The second-order valence-electron chi connectivity index (χ2n) is 3.92. The number of ketones is 2. The van der Waals surface area contributed by atoms with Crippen LogP contribution in [0.4, 0.5) is 8.78 Å². The molecule has 0 saturated carbocycles. The molecule has 0 fully saturated rings. The third kappa shape index (κ3) is 3.02. The van der Waals surface area contributed by atoms with Crippen LogP contribution in [0.3, 0.4) is 0 Å². The monoisotopic (exact) mass is 402 g/mol. The lowest BCUT2D eigenvalue weighted by atomic mass is 10.0. The van der Waals surface area contributed by atoms with E-state index in [-0.39, 0.29) is 20.1 Å². The van der Waals surface area contributed by atoms with Gasteiger partial charge in [0.2, 0.25) is 11.6 Å². The van der Waals surface area contributed by atoms with Gasteiger partial charge in [0, 0.05) is 11.1 Å². The van der Waals surface area contributed by atoms with Gasteiger partial charge in [0.1, 0.15) is 11.6 Å². The molecule has 0 aliphatic heterocycles. The molecule has 0 aromatic heterocycles. The standard InChI is InChI=1S/C14H6Br2F2O2/c15-9-3-1-7(5-11(9)17)13(19)14(20)8-2-4-10(16)12(18)6-8/h1-6H. The smallest absolute Gasteiger partial charge is 0.233 e. The van der Waals surface area contributed by atoms with Gasteiger partial charge in [-0.15, -0.1) is 0 Å². The Morgan fingerprint density at radius 1 is 0.750 bits per heavy atom. The lowest BCUT2D eigenvalue weighted by Gasteiger charge is -2.03. The molecule has 0 radical (unpaired) electrons. The molecule has 2 aromatic carbocycles. The van der Waals surface area contributed by atoms with Crippen molar-refractivity contribution in [3.8, 4) is 0 Å². The Morgan fingerprint density at radius 2 is 1.10 bits per heavy atom. The van der Waals surface area contributed by atoms with E-state index in [9.17, 15) is 18.4 Å². The zero-order valence-electron chi connectivity index (χ0n) is 9.79. The van der Waals surface area contributed by atoms with Gasteiger partial charge in [-0.2, -0.15) is 0 Å². The molecule has 102 valence electrons. The van der Waals surface area contributed by atoms with E-state index in [1.54, 1.807) is 0 Å². The minimum Gasteiger partial charge on any atom is -0.285 e. The summed E-state index contributed by atoms with van der Waals surface area (Å²) in [7, 11) is 0. The number of carbonyl (C=O) groups is 2. The van der Waals surface area contributed by atoms with Crippen molar-refractivity contribution < 1.29 is 18.4 Å². The molecule has 2 rings (SSSR count). The summed E-state index contributed by atoms with van der Waals surface area (Å²) < 4.78 is 27.1. The number of halogens is 4. The van der Waals surface area contributed by atoms with Gasteiger partial charge in [-0.05, 0) is 68.3 Å². The van der Waals surface area contributed by atoms with E-state index in [0.29, 0.717) is 0 Å². The molecule has 0 heterocycles.